The fourth-order valence-corrected chi connectivity index (χ4v) is 3.59. The minimum atomic E-state index is 0.0542. The molecule has 0 saturated carbocycles. The van der Waals surface area contributed by atoms with Gasteiger partial charge in [0.2, 0.25) is 5.89 Å². The molecule has 0 radical (unpaired) electrons. The van der Waals surface area contributed by atoms with Gasteiger partial charge in [-0.2, -0.15) is 4.98 Å². The number of aryl methyl sites for hydroxylation is 3. The van der Waals surface area contributed by atoms with Gasteiger partial charge in [-0.25, -0.2) is 0 Å². The van der Waals surface area contributed by atoms with Crippen molar-refractivity contribution < 1.29 is 9.32 Å². The SMILES string of the molecule is Cc1ccc2nc(C)c(C(=O)N3CCC(c4nc(C)no4)CC3)cc2c1. The first-order chi connectivity index (χ1) is 12.5. The standard InChI is InChI=1S/C20H22N4O2/c1-12-4-5-18-16(10-12)11-17(13(2)21-18)20(25)24-8-6-15(7-9-24)19-22-14(3)23-26-19/h4-5,10-11,15H,6-9H2,1-3H3. The molecule has 1 aromatic carbocycles. The first-order valence-corrected chi connectivity index (χ1v) is 8.99. The second kappa shape index (κ2) is 6.52. The van der Waals surface area contributed by atoms with Gasteiger partial charge in [0, 0.05) is 24.4 Å². The van der Waals surface area contributed by atoms with E-state index in [1.54, 1.807) is 0 Å². The third-order valence-electron chi connectivity index (χ3n) is 5.07. The maximum atomic E-state index is 13.0. The molecule has 1 fully saturated rings. The summed E-state index contributed by atoms with van der Waals surface area (Å²) in [5.74, 6) is 1.64. The molecule has 4 rings (SSSR count). The van der Waals surface area contributed by atoms with Crippen LogP contribution in [0.25, 0.3) is 10.9 Å². The minimum absolute atomic E-state index is 0.0542. The first-order valence-electron chi connectivity index (χ1n) is 8.99. The molecule has 1 aliphatic rings. The van der Waals surface area contributed by atoms with Crippen molar-refractivity contribution in [3.05, 3.63) is 52.8 Å². The van der Waals surface area contributed by atoms with E-state index in [2.05, 4.69) is 21.2 Å². The van der Waals surface area contributed by atoms with Crippen LogP contribution in [0, 0.1) is 20.8 Å². The van der Waals surface area contributed by atoms with Gasteiger partial charge in [0.25, 0.3) is 5.91 Å². The summed E-state index contributed by atoms with van der Waals surface area (Å²) in [6.07, 6.45) is 1.68. The summed E-state index contributed by atoms with van der Waals surface area (Å²) in [5.41, 5.74) is 3.56. The van der Waals surface area contributed by atoms with E-state index in [0.717, 1.165) is 35.0 Å². The van der Waals surface area contributed by atoms with Gasteiger partial charge in [-0.3, -0.25) is 9.78 Å². The second-order valence-corrected chi connectivity index (χ2v) is 7.06. The lowest BCUT2D eigenvalue weighted by atomic mass is 9.96. The largest absolute Gasteiger partial charge is 0.339 e. The van der Waals surface area contributed by atoms with Crippen LogP contribution >= 0.6 is 0 Å². The van der Waals surface area contributed by atoms with Gasteiger partial charge in [-0.05, 0) is 51.8 Å². The Bertz CT molecular complexity index is 971. The van der Waals surface area contributed by atoms with Crippen LogP contribution in [0.15, 0.2) is 28.8 Å². The van der Waals surface area contributed by atoms with E-state index in [9.17, 15) is 4.79 Å². The van der Waals surface area contributed by atoms with Gasteiger partial charge in [-0.15, -0.1) is 0 Å². The summed E-state index contributed by atoms with van der Waals surface area (Å²) >= 11 is 0. The highest BCUT2D eigenvalue weighted by atomic mass is 16.5. The number of fused-ring (bicyclic) bond motifs is 1. The number of nitrogens with zero attached hydrogens (tertiary/aromatic N) is 4. The van der Waals surface area contributed by atoms with Crippen LogP contribution in [0.1, 0.15) is 52.1 Å². The molecule has 0 bridgehead atoms. The molecular weight excluding hydrogens is 328 g/mol. The first kappa shape index (κ1) is 16.7. The van der Waals surface area contributed by atoms with Gasteiger partial charge in [0.15, 0.2) is 5.82 Å². The zero-order valence-corrected chi connectivity index (χ0v) is 15.3. The predicted molar refractivity (Wildman–Crippen MR) is 98.1 cm³/mol. The second-order valence-electron chi connectivity index (χ2n) is 7.06. The molecule has 0 N–H and O–H groups in total. The Morgan fingerprint density at radius 2 is 1.88 bits per heavy atom. The molecule has 6 heteroatoms. The van der Waals surface area contributed by atoms with E-state index in [1.807, 2.05) is 43.9 Å². The topological polar surface area (TPSA) is 72.1 Å². The minimum Gasteiger partial charge on any atom is -0.339 e. The lowest BCUT2D eigenvalue weighted by molar-refractivity contribution is 0.0703. The number of benzene rings is 1. The van der Waals surface area contributed by atoms with Crippen LogP contribution in [0.2, 0.25) is 0 Å². The number of pyridine rings is 1. The average molecular weight is 350 g/mol. The molecule has 0 unspecified atom stereocenters. The molecule has 1 aliphatic heterocycles. The van der Waals surface area contributed by atoms with E-state index >= 15 is 0 Å². The van der Waals surface area contributed by atoms with Crippen molar-refractivity contribution in [3.63, 3.8) is 0 Å². The summed E-state index contributed by atoms with van der Waals surface area (Å²) in [7, 11) is 0. The Labute approximate surface area is 152 Å². The molecule has 1 amide bonds. The fourth-order valence-electron chi connectivity index (χ4n) is 3.59. The smallest absolute Gasteiger partial charge is 0.255 e. The summed E-state index contributed by atoms with van der Waals surface area (Å²) in [5, 5.41) is 4.88. The van der Waals surface area contributed by atoms with Crippen LogP contribution in [-0.4, -0.2) is 39.0 Å². The highest BCUT2D eigenvalue weighted by Crippen LogP contribution is 2.28. The van der Waals surface area contributed by atoms with Gasteiger partial charge >= 0.3 is 0 Å². The Morgan fingerprint density at radius 3 is 2.58 bits per heavy atom. The maximum Gasteiger partial charge on any atom is 0.255 e. The average Bonchev–Trinajstić information content (AvgIpc) is 3.07. The number of piperidine rings is 1. The molecular formula is C20H22N4O2. The van der Waals surface area contributed by atoms with E-state index in [1.165, 1.54) is 0 Å². The number of rotatable bonds is 2. The van der Waals surface area contributed by atoms with Gasteiger partial charge in [-0.1, -0.05) is 16.8 Å². The van der Waals surface area contributed by atoms with Crippen molar-refractivity contribution in [1.82, 2.24) is 20.0 Å². The number of carbonyl (C=O) groups excluding carboxylic acids is 1. The fraction of sp³-hybridized carbons (Fsp3) is 0.400. The Morgan fingerprint density at radius 1 is 1.12 bits per heavy atom. The van der Waals surface area contributed by atoms with Crippen molar-refractivity contribution in [2.75, 3.05) is 13.1 Å². The zero-order valence-electron chi connectivity index (χ0n) is 15.3. The van der Waals surface area contributed by atoms with Gasteiger partial charge in [0.1, 0.15) is 0 Å². The monoisotopic (exact) mass is 350 g/mol. The van der Waals surface area contributed by atoms with Crippen LogP contribution in [-0.2, 0) is 0 Å². The van der Waals surface area contributed by atoms with Crippen LogP contribution in [0.4, 0.5) is 0 Å². The Hall–Kier alpha value is -2.76. The molecule has 2 aromatic heterocycles. The summed E-state index contributed by atoms with van der Waals surface area (Å²) in [6, 6.07) is 8.09. The lowest BCUT2D eigenvalue weighted by Gasteiger charge is -2.30. The lowest BCUT2D eigenvalue weighted by Crippen LogP contribution is -2.38. The third-order valence-corrected chi connectivity index (χ3v) is 5.07. The number of aromatic nitrogens is 3. The molecule has 0 spiro atoms. The predicted octanol–water partition coefficient (Wildman–Crippen LogP) is 3.56. The van der Waals surface area contributed by atoms with E-state index in [-0.39, 0.29) is 11.8 Å². The van der Waals surface area contributed by atoms with Crippen molar-refractivity contribution in [3.8, 4) is 0 Å². The summed E-state index contributed by atoms with van der Waals surface area (Å²) in [4.78, 5) is 23.9. The van der Waals surface area contributed by atoms with E-state index < -0.39 is 0 Å². The highest BCUT2D eigenvalue weighted by molar-refractivity contribution is 5.98. The van der Waals surface area contributed by atoms with Crippen LogP contribution in [0.5, 0.6) is 0 Å². The zero-order chi connectivity index (χ0) is 18.3. The summed E-state index contributed by atoms with van der Waals surface area (Å²) < 4.78 is 5.29. The van der Waals surface area contributed by atoms with Crippen molar-refractivity contribution in [2.24, 2.45) is 0 Å². The molecule has 0 aliphatic carbocycles. The Balaban J connectivity index is 1.53. The third kappa shape index (κ3) is 3.07. The maximum absolute atomic E-state index is 13.0. The molecule has 134 valence electrons. The molecule has 3 aromatic rings. The molecule has 3 heterocycles. The van der Waals surface area contributed by atoms with Crippen LogP contribution in [0.3, 0.4) is 0 Å². The van der Waals surface area contributed by atoms with E-state index in [4.69, 9.17) is 4.52 Å². The molecule has 0 atom stereocenters. The number of amides is 1. The number of hydrogen-bond donors (Lipinski definition) is 0. The van der Waals surface area contributed by atoms with Crippen molar-refractivity contribution in [2.45, 2.75) is 39.5 Å². The molecule has 1 saturated heterocycles. The highest BCUT2D eigenvalue weighted by Gasteiger charge is 2.28. The number of carbonyl (C=O) groups is 1. The van der Waals surface area contributed by atoms with Gasteiger partial charge < -0.3 is 9.42 Å². The molecule has 26 heavy (non-hydrogen) atoms. The quantitative estimate of drug-likeness (QED) is 0.706. The van der Waals surface area contributed by atoms with Crippen molar-refractivity contribution >= 4 is 16.8 Å². The normalized spacial score (nSPS) is 15.6. The van der Waals surface area contributed by atoms with Gasteiger partial charge in [0.05, 0.1) is 16.8 Å². The molecule has 6 nitrogen and oxygen atoms in total. The summed E-state index contributed by atoms with van der Waals surface area (Å²) in [6.45, 7) is 7.15. The number of likely N-dealkylation sites (tertiary alicyclic amines) is 1. The van der Waals surface area contributed by atoms with E-state index in [0.29, 0.717) is 30.4 Å². The number of hydrogen-bond acceptors (Lipinski definition) is 5. The van der Waals surface area contributed by atoms with Crippen molar-refractivity contribution in [1.29, 1.82) is 0 Å². The Kier molecular flexibility index (Phi) is 4.18. The van der Waals surface area contributed by atoms with Crippen LogP contribution < -0.4 is 0 Å².